The molecule has 0 heterocycles. The monoisotopic (exact) mass is 211 g/mol. The Hall–Kier alpha value is -0.660. The lowest BCUT2D eigenvalue weighted by molar-refractivity contribution is -0.138. The van der Waals surface area contributed by atoms with Crippen LogP contribution >= 0.6 is 0 Å². The molecule has 0 radical (unpaired) electrons. The van der Waals surface area contributed by atoms with Gasteiger partial charge in [0.05, 0.1) is 0 Å². The molecule has 6 nitrogen and oxygen atoms in total. The van der Waals surface area contributed by atoms with Gasteiger partial charge in [-0.3, -0.25) is 9.35 Å². The molecule has 0 spiro atoms. The average Bonchev–Trinajstić information content (AvgIpc) is 1.95. The summed E-state index contributed by atoms with van der Waals surface area (Å²) in [7, 11) is -4.24. The van der Waals surface area contributed by atoms with E-state index in [1.165, 1.54) is 0 Å². The number of carboxylic acid groups (broad SMARTS) is 1. The molecular formula is C6H13NO5S. The van der Waals surface area contributed by atoms with E-state index >= 15 is 0 Å². The minimum Gasteiger partial charge on any atom is -0.480 e. The highest BCUT2D eigenvalue weighted by molar-refractivity contribution is 7.85. The molecule has 0 rings (SSSR count). The summed E-state index contributed by atoms with van der Waals surface area (Å²) in [6.07, 6.45) is 0.690. The lowest BCUT2D eigenvalue weighted by atomic mass is 10.3. The number of hydrogen-bond acceptors (Lipinski definition) is 4. The standard InChI is InChI=1S/C6H13NO5S/c1-2-3-7-5(6(8)9)4-13(10,11)12/h5,7H,2-4H2,1H3,(H,8,9)(H,10,11,12)/t5-/m0/s1. The van der Waals surface area contributed by atoms with Crippen molar-refractivity contribution in [1.29, 1.82) is 0 Å². The summed E-state index contributed by atoms with van der Waals surface area (Å²) in [5.41, 5.74) is 0. The predicted molar refractivity (Wildman–Crippen MR) is 46.1 cm³/mol. The first-order valence-corrected chi connectivity index (χ1v) is 5.39. The van der Waals surface area contributed by atoms with Crippen molar-refractivity contribution in [3.63, 3.8) is 0 Å². The van der Waals surface area contributed by atoms with Gasteiger partial charge in [-0.25, -0.2) is 0 Å². The zero-order valence-electron chi connectivity index (χ0n) is 7.23. The highest BCUT2D eigenvalue weighted by atomic mass is 32.2. The lowest BCUT2D eigenvalue weighted by Gasteiger charge is -2.11. The van der Waals surface area contributed by atoms with Gasteiger partial charge in [-0.15, -0.1) is 0 Å². The van der Waals surface area contributed by atoms with E-state index in [-0.39, 0.29) is 0 Å². The van der Waals surface area contributed by atoms with Crippen LogP contribution in [-0.4, -0.2) is 42.4 Å². The maximum absolute atomic E-state index is 10.4. The fourth-order valence-corrected chi connectivity index (χ4v) is 1.43. The molecule has 0 aliphatic heterocycles. The van der Waals surface area contributed by atoms with Gasteiger partial charge in [-0.05, 0) is 13.0 Å². The number of nitrogens with one attached hydrogen (secondary N) is 1. The molecule has 0 aromatic heterocycles. The molecular weight excluding hydrogens is 198 g/mol. The summed E-state index contributed by atoms with van der Waals surface area (Å²) in [5, 5.41) is 11.0. The topological polar surface area (TPSA) is 104 Å². The van der Waals surface area contributed by atoms with Crippen molar-refractivity contribution in [1.82, 2.24) is 5.32 Å². The third-order valence-electron chi connectivity index (χ3n) is 1.32. The summed E-state index contributed by atoms with van der Waals surface area (Å²) in [6.45, 7) is 2.21. The SMILES string of the molecule is CCCN[C@@H](CS(=O)(=O)O)C(=O)O. The third kappa shape index (κ3) is 6.50. The second-order valence-corrected chi connectivity index (χ2v) is 4.09. The lowest BCUT2D eigenvalue weighted by Crippen LogP contribution is -2.42. The Morgan fingerprint density at radius 2 is 2.08 bits per heavy atom. The number of aliphatic carboxylic acids is 1. The largest absolute Gasteiger partial charge is 0.480 e. The first-order chi connectivity index (χ1) is 5.87. The van der Waals surface area contributed by atoms with Crippen LogP contribution in [0.1, 0.15) is 13.3 Å². The zero-order chi connectivity index (χ0) is 10.5. The van der Waals surface area contributed by atoms with Crippen molar-refractivity contribution in [2.24, 2.45) is 0 Å². The second-order valence-electron chi connectivity index (χ2n) is 2.59. The summed E-state index contributed by atoms with van der Waals surface area (Å²) in [6, 6.07) is -1.24. The smallest absolute Gasteiger partial charge is 0.321 e. The molecule has 0 aromatic rings. The van der Waals surface area contributed by atoms with Crippen LogP contribution in [0.2, 0.25) is 0 Å². The predicted octanol–water partition coefficient (Wildman–Crippen LogP) is -0.673. The van der Waals surface area contributed by atoms with Crippen LogP contribution < -0.4 is 5.32 Å². The van der Waals surface area contributed by atoms with E-state index < -0.39 is 27.9 Å². The maximum atomic E-state index is 10.4. The van der Waals surface area contributed by atoms with Gasteiger partial charge in [-0.2, -0.15) is 8.42 Å². The Morgan fingerprint density at radius 3 is 2.38 bits per heavy atom. The molecule has 0 bridgehead atoms. The van der Waals surface area contributed by atoms with E-state index in [9.17, 15) is 13.2 Å². The minimum atomic E-state index is -4.24. The molecule has 0 fully saturated rings. The van der Waals surface area contributed by atoms with Crippen molar-refractivity contribution in [3.05, 3.63) is 0 Å². The summed E-state index contributed by atoms with van der Waals surface area (Å²) in [5.74, 6) is -2.09. The summed E-state index contributed by atoms with van der Waals surface area (Å²) < 4.78 is 29.1. The molecule has 3 N–H and O–H groups in total. The fraction of sp³-hybridized carbons (Fsp3) is 0.833. The van der Waals surface area contributed by atoms with Crippen LogP contribution in [-0.2, 0) is 14.9 Å². The quantitative estimate of drug-likeness (QED) is 0.503. The first kappa shape index (κ1) is 12.3. The van der Waals surface area contributed by atoms with Crippen molar-refractivity contribution in [3.8, 4) is 0 Å². The van der Waals surface area contributed by atoms with Gasteiger partial charge in [-0.1, -0.05) is 6.92 Å². The fourth-order valence-electron chi connectivity index (χ4n) is 0.747. The van der Waals surface area contributed by atoms with Gasteiger partial charge in [0.2, 0.25) is 0 Å². The molecule has 7 heteroatoms. The highest BCUT2D eigenvalue weighted by Gasteiger charge is 2.22. The maximum Gasteiger partial charge on any atom is 0.321 e. The minimum absolute atomic E-state index is 0.395. The third-order valence-corrected chi connectivity index (χ3v) is 2.07. The zero-order valence-corrected chi connectivity index (χ0v) is 8.04. The van der Waals surface area contributed by atoms with Crippen LogP contribution in [0.5, 0.6) is 0 Å². The molecule has 0 amide bonds. The van der Waals surface area contributed by atoms with E-state index in [0.29, 0.717) is 13.0 Å². The summed E-state index contributed by atoms with van der Waals surface area (Å²) >= 11 is 0. The van der Waals surface area contributed by atoms with Crippen molar-refractivity contribution < 1.29 is 22.9 Å². The van der Waals surface area contributed by atoms with Crippen molar-refractivity contribution >= 4 is 16.1 Å². The molecule has 13 heavy (non-hydrogen) atoms. The number of hydrogen-bond donors (Lipinski definition) is 3. The molecule has 0 saturated heterocycles. The van der Waals surface area contributed by atoms with Gasteiger partial charge >= 0.3 is 5.97 Å². The second kappa shape index (κ2) is 5.15. The van der Waals surface area contributed by atoms with Crippen LogP contribution in [0.4, 0.5) is 0 Å². The van der Waals surface area contributed by atoms with Gasteiger partial charge in [0.15, 0.2) is 0 Å². The van der Waals surface area contributed by atoms with E-state index in [4.69, 9.17) is 9.66 Å². The van der Waals surface area contributed by atoms with Crippen LogP contribution in [0.25, 0.3) is 0 Å². The van der Waals surface area contributed by atoms with E-state index in [1.807, 2.05) is 6.92 Å². The van der Waals surface area contributed by atoms with Gasteiger partial charge in [0.25, 0.3) is 10.1 Å². The van der Waals surface area contributed by atoms with Gasteiger partial charge < -0.3 is 10.4 Å². The normalized spacial score (nSPS) is 14.0. The Kier molecular flexibility index (Phi) is 4.89. The molecule has 1 atom stereocenters. The molecule has 0 aliphatic rings. The van der Waals surface area contributed by atoms with E-state index in [2.05, 4.69) is 5.32 Å². The van der Waals surface area contributed by atoms with Crippen LogP contribution in [0.15, 0.2) is 0 Å². The molecule has 78 valence electrons. The van der Waals surface area contributed by atoms with Crippen molar-refractivity contribution in [2.75, 3.05) is 12.3 Å². The Balaban J connectivity index is 4.19. The average molecular weight is 211 g/mol. The van der Waals surface area contributed by atoms with E-state index in [1.54, 1.807) is 0 Å². The number of carboxylic acids is 1. The van der Waals surface area contributed by atoms with E-state index in [0.717, 1.165) is 0 Å². The summed E-state index contributed by atoms with van der Waals surface area (Å²) in [4.78, 5) is 10.4. The Labute approximate surface area is 76.7 Å². The molecule has 0 saturated carbocycles. The van der Waals surface area contributed by atoms with Crippen molar-refractivity contribution in [2.45, 2.75) is 19.4 Å². The van der Waals surface area contributed by atoms with Crippen LogP contribution in [0, 0.1) is 0 Å². The van der Waals surface area contributed by atoms with Crippen LogP contribution in [0.3, 0.4) is 0 Å². The Morgan fingerprint density at radius 1 is 1.54 bits per heavy atom. The highest BCUT2D eigenvalue weighted by Crippen LogP contribution is 1.91. The molecule has 0 aliphatic carbocycles. The molecule has 0 aromatic carbocycles. The van der Waals surface area contributed by atoms with Gasteiger partial charge in [0.1, 0.15) is 11.8 Å². The number of rotatable bonds is 6. The Bertz CT molecular complexity index is 260. The number of carbonyl (C=O) groups is 1. The van der Waals surface area contributed by atoms with Gasteiger partial charge in [0, 0.05) is 0 Å². The first-order valence-electron chi connectivity index (χ1n) is 3.78. The molecule has 0 unspecified atom stereocenters.